The number of hydrogen-bond donors (Lipinski definition) is 1. The summed E-state index contributed by atoms with van der Waals surface area (Å²) in [5.41, 5.74) is 9.17. The van der Waals surface area contributed by atoms with Crippen molar-refractivity contribution in [3.63, 3.8) is 0 Å². The molecule has 2 N–H and O–H groups in total. The van der Waals surface area contributed by atoms with Gasteiger partial charge in [0.05, 0.1) is 17.7 Å². The first-order valence-corrected chi connectivity index (χ1v) is 8.64. The van der Waals surface area contributed by atoms with Crippen LogP contribution in [0.2, 0.25) is 0 Å². The second-order valence-corrected chi connectivity index (χ2v) is 7.07. The number of aromatic nitrogens is 3. The van der Waals surface area contributed by atoms with E-state index >= 15 is 0 Å². The van der Waals surface area contributed by atoms with Crippen molar-refractivity contribution < 1.29 is 4.52 Å². The summed E-state index contributed by atoms with van der Waals surface area (Å²) in [5.74, 6) is 1.21. The second kappa shape index (κ2) is 6.63. The molecule has 1 fully saturated rings. The Hall–Kier alpha value is -1.76. The minimum Gasteiger partial charge on any atom is -0.339 e. The van der Waals surface area contributed by atoms with Crippen LogP contribution in [0.4, 0.5) is 0 Å². The standard InChI is InChI=1S/C17H18N4OS.ClH/c1-11-4-2-5-12(8-11)15-19-13(10-23-15)9-14-20-16(21-22-14)17(18)6-3-7-17;/h2,4-5,8,10H,3,6-7,9,18H2,1H3;1H. The number of hydrogen-bond acceptors (Lipinski definition) is 6. The largest absolute Gasteiger partial charge is 0.339 e. The van der Waals surface area contributed by atoms with Gasteiger partial charge in [-0.05, 0) is 32.3 Å². The van der Waals surface area contributed by atoms with Gasteiger partial charge in [-0.2, -0.15) is 4.98 Å². The van der Waals surface area contributed by atoms with E-state index in [0.29, 0.717) is 18.1 Å². The van der Waals surface area contributed by atoms with E-state index in [0.717, 1.165) is 35.5 Å². The van der Waals surface area contributed by atoms with Crippen molar-refractivity contribution in [1.29, 1.82) is 0 Å². The zero-order valence-corrected chi connectivity index (χ0v) is 15.0. The van der Waals surface area contributed by atoms with Gasteiger partial charge in [0.15, 0.2) is 5.82 Å². The summed E-state index contributed by atoms with van der Waals surface area (Å²) in [6.45, 7) is 2.08. The van der Waals surface area contributed by atoms with E-state index in [1.807, 2.05) is 5.38 Å². The third-order valence-corrected chi connectivity index (χ3v) is 5.25. The minimum absolute atomic E-state index is 0. The normalized spacial score (nSPS) is 15.6. The van der Waals surface area contributed by atoms with E-state index in [9.17, 15) is 0 Å². The Bertz CT molecular complexity index is 840. The number of rotatable bonds is 4. The summed E-state index contributed by atoms with van der Waals surface area (Å²) in [6.07, 6.45) is 3.54. The van der Waals surface area contributed by atoms with E-state index in [1.165, 1.54) is 5.56 Å². The molecule has 126 valence electrons. The monoisotopic (exact) mass is 362 g/mol. The molecule has 2 aromatic heterocycles. The fourth-order valence-electron chi connectivity index (χ4n) is 2.76. The van der Waals surface area contributed by atoms with Crippen molar-refractivity contribution in [3.8, 4) is 10.6 Å². The van der Waals surface area contributed by atoms with Crippen LogP contribution in [0.1, 0.15) is 42.2 Å². The van der Waals surface area contributed by atoms with E-state index < -0.39 is 0 Å². The maximum absolute atomic E-state index is 6.23. The molecule has 3 aromatic rings. The molecule has 5 nitrogen and oxygen atoms in total. The van der Waals surface area contributed by atoms with E-state index in [2.05, 4.69) is 46.3 Å². The van der Waals surface area contributed by atoms with Crippen molar-refractivity contribution in [2.24, 2.45) is 5.73 Å². The summed E-state index contributed by atoms with van der Waals surface area (Å²) >= 11 is 1.63. The summed E-state index contributed by atoms with van der Waals surface area (Å²) in [4.78, 5) is 9.14. The maximum Gasteiger partial charge on any atom is 0.232 e. The summed E-state index contributed by atoms with van der Waals surface area (Å²) < 4.78 is 5.35. The lowest BCUT2D eigenvalue weighted by Gasteiger charge is -2.34. The van der Waals surface area contributed by atoms with Crippen LogP contribution in [0.15, 0.2) is 34.2 Å². The Morgan fingerprint density at radius 1 is 1.29 bits per heavy atom. The molecule has 1 aliphatic rings. The Kier molecular flexibility index (Phi) is 4.71. The van der Waals surface area contributed by atoms with Gasteiger partial charge in [-0.15, -0.1) is 23.7 Å². The van der Waals surface area contributed by atoms with E-state index in [-0.39, 0.29) is 17.9 Å². The number of benzene rings is 1. The number of aryl methyl sites for hydroxylation is 1. The molecule has 7 heteroatoms. The first-order chi connectivity index (χ1) is 11.1. The van der Waals surface area contributed by atoms with Gasteiger partial charge in [0.1, 0.15) is 5.01 Å². The lowest BCUT2D eigenvalue weighted by atomic mass is 9.77. The average molecular weight is 363 g/mol. The van der Waals surface area contributed by atoms with E-state index in [1.54, 1.807) is 11.3 Å². The van der Waals surface area contributed by atoms with Crippen LogP contribution in [-0.2, 0) is 12.0 Å². The smallest absolute Gasteiger partial charge is 0.232 e. The topological polar surface area (TPSA) is 77.8 Å². The first-order valence-electron chi connectivity index (χ1n) is 7.76. The average Bonchev–Trinajstić information content (AvgIpc) is 3.15. The quantitative estimate of drug-likeness (QED) is 0.762. The lowest BCUT2D eigenvalue weighted by Crippen LogP contribution is -2.44. The molecule has 1 aliphatic carbocycles. The number of thiazole rings is 1. The first kappa shape index (κ1) is 17.1. The van der Waals surface area contributed by atoms with Crippen LogP contribution in [0.3, 0.4) is 0 Å². The lowest BCUT2D eigenvalue weighted by molar-refractivity contribution is 0.229. The van der Waals surface area contributed by atoms with Crippen molar-refractivity contribution in [2.45, 2.75) is 38.1 Å². The molecule has 0 spiro atoms. The molecule has 0 aliphatic heterocycles. The molecule has 0 saturated heterocycles. The maximum atomic E-state index is 6.23. The Balaban J connectivity index is 0.00000169. The Morgan fingerprint density at radius 3 is 2.83 bits per heavy atom. The van der Waals surface area contributed by atoms with Crippen LogP contribution in [0.25, 0.3) is 10.6 Å². The van der Waals surface area contributed by atoms with Crippen LogP contribution in [0, 0.1) is 6.92 Å². The zero-order chi connectivity index (χ0) is 15.9. The molecule has 1 aromatic carbocycles. The molecule has 1 saturated carbocycles. The highest BCUT2D eigenvalue weighted by molar-refractivity contribution is 7.13. The van der Waals surface area contributed by atoms with Gasteiger partial charge >= 0.3 is 0 Å². The number of halogens is 1. The molecule has 0 radical (unpaired) electrons. The minimum atomic E-state index is -0.378. The van der Waals surface area contributed by atoms with Gasteiger partial charge in [0, 0.05) is 10.9 Å². The van der Waals surface area contributed by atoms with Crippen LogP contribution < -0.4 is 5.73 Å². The highest BCUT2D eigenvalue weighted by Crippen LogP contribution is 2.37. The predicted octanol–water partition coefficient (Wildman–Crippen LogP) is 3.85. The molecule has 4 rings (SSSR count). The van der Waals surface area contributed by atoms with Crippen LogP contribution in [0.5, 0.6) is 0 Å². The molecule has 0 atom stereocenters. The molecule has 2 heterocycles. The fourth-order valence-corrected chi connectivity index (χ4v) is 3.58. The summed E-state index contributed by atoms with van der Waals surface area (Å²) in [6, 6.07) is 8.35. The molecule has 24 heavy (non-hydrogen) atoms. The van der Waals surface area contributed by atoms with Gasteiger partial charge in [-0.1, -0.05) is 28.9 Å². The highest BCUT2D eigenvalue weighted by Gasteiger charge is 2.38. The molecular weight excluding hydrogens is 344 g/mol. The third kappa shape index (κ3) is 3.22. The van der Waals surface area contributed by atoms with Gasteiger partial charge in [-0.25, -0.2) is 4.98 Å². The zero-order valence-electron chi connectivity index (χ0n) is 13.4. The third-order valence-electron chi connectivity index (χ3n) is 4.31. The second-order valence-electron chi connectivity index (χ2n) is 6.21. The Morgan fingerprint density at radius 2 is 2.12 bits per heavy atom. The van der Waals surface area contributed by atoms with E-state index in [4.69, 9.17) is 10.3 Å². The van der Waals surface area contributed by atoms with Gasteiger partial charge in [0.2, 0.25) is 5.89 Å². The molecular formula is C17H19ClN4OS. The van der Waals surface area contributed by atoms with Crippen LogP contribution >= 0.6 is 23.7 Å². The van der Waals surface area contributed by atoms with Gasteiger partial charge in [0.25, 0.3) is 0 Å². The molecule has 0 amide bonds. The van der Waals surface area contributed by atoms with Crippen molar-refractivity contribution in [3.05, 3.63) is 52.6 Å². The Labute approximate surface area is 150 Å². The number of nitrogens with zero attached hydrogens (tertiary/aromatic N) is 3. The SMILES string of the molecule is Cc1cccc(-c2nc(Cc3nc(C4(N)CCC4)no3)cs2)c1.Cl. The predicted molar refractivity (Wildman–Crippen MR) is 96.4 cm³/mol. The van der Waals surface area contributed by atoms with Crippen molar-refractivity contribution in [1.82, 2.24) is 15.1 Å². The molecule has 0 bridgehead atoms. The fraction of sp³-hybridized carbons (Fsp3) is 0.353. The molecule has 0 unspecified atom stereocenters. The summed E-state index contributed by atoms with van der Waals surface area (Å²) in [5, 5.41) is 7.10. The number of nitrogens with two attached hydrogens (primary N) is 1. The van der Waals surface area contributed by atoms with Gasteiger partial charge in [-0.3, -0.25) is 0 Å². The highest BCUT2D eigenvalue weighted by atomic mass is 35.5. The summed E-state index contributed by atoms with van der Waals surface area (Å²) in [7, 11) is 0. The van der Waals surface area contributed by atoms with Crippen LogP contribution in [-0.4, -0.2) is 15.1 Å². The van der Waals surface area contributed by atoms with Crippen molar-refractivity contribution in [2.75, 3.05) is 0 Å². The van der Waals surface area contributed by atoms with Crippen molar-refractivity contribution >= 4 is 23.7 Å². The van der Waals surface area contributed by atoms with Gasteiger partial charge < -0.3 is 10.3 Å².